The summed E-state index contributed by atoms with van der Waals surface area (Å²) >= 11 is 0. The third-order valence-electron chi connectivity index (χ3n) is 5.03. The highest BCUT2D eigenvalue weighted by molar-refractivity contribution is 5.85. The summed E-state index contributed by atoms with van der Waals surface area (Å²) in [6.07, 6.45) is 4.32. The standard InChI is InChI=1S/C16H27NO4/c1-3-11-9-13(14(10-11)16(19)20)15(18)17-7-5-12(6-8-17)21-4-2/h11-14H,3-10H2,1-2H3,(H,19,20). The Morgan fingerprint density at radius 1 is 1.14 bits per heavy atom. The van der Waals surface area contributed by atoms with Gasteiger partial charge in [0, 0.05) is 19.7 Å². The van der Waals surface area contributed by atoms with Crippen molar-refractivity contribution in [2.45, 2.75) is 52.1 Å². The Bertz CT molecular complexity index is 376. The molecule has 3 unspecified atom stereocenters. The third kappa shape index (κ3) is 3.76. The van der Waals surface area contributed by atoms with Crippen LogP contribution in [-0.2, 0) is 14.3 Å². The van der Waals surface area contributed by atoms with Gasteiger partial charge in [-0.15, -0.1) is 0 Å². The molecule has 0 radical (unpaired) electrons. The highest BCUT2D eigenvalue weighted by Crippen LogP contribution is 2.39. The lowest BCUT2D eigenvalue weighted by atomic mass is 9.93. The first-order valence-electron chi connectivity index (χ1n) is 8.19. The number of rotatable bonds is 5. The lowest BCUT2D eigenvalue weighted by Gasteiger charge is -2.34. The molecule has 1 aliphatic carbocycles. The zero-order valence-electron chi connectivity index (χ0n) is 13.1. The molecule has 0 spiro atoms. The van der Waals surface area contributed by atoms with Crippen molar-refractivity contribution in [2.75, 3.05) is 19.7 Å². The number of hydrogen-bond donors (Lipinski definition) is 1. The Morgan fingerprint density at radius 2 is 1.76 bits per heavy atom. The molecule has 1 amide bonds. The summed E-state index contributed by atoms with van der Waals surface area (Å²) in [6.45, 7) is 6.16. The number of nitrogens with zero attached hydrogens (tertiary/aromatic N) is 1. The molecule has 1 saturated heterocycles. The molecule has 5 nitrogen and oxygen atoms in total. The quantitative estimate of drug-likeness (QED) is 0.844. The topological polar surface area (TPSA) is 66.8 Å². The summed E-state index contributed by atoms with van der Waals surface area (Å²) in [4.78, 5) is 25.9. The van der Waals surface area contributed by atoms with E-state index in [1.807, 2.05) is 11.8 Å². The van der Waals surface area contributed by atoms with Gasteiger partial charge in [-0.3, -0.25) is 9.59 Å². The maximum atomic E-state index is 12.7. The molecule has 1 saturated carbocycles. The number of piperidine rings is 1. The number of aliphatic carboxylic acids is 1. The molecule has 0 aromatic heterocycles. The van der Waals surface area contributed by atoms with Gasteiger partial charge in [0.15, 0.2) is 0 Å². The van der Waals surface area contributed by atoms with Gasteiger partial charge in [-0.1, -0.05) is 13.3 Å². The van der Waals surface area contributed by atoms with Crippen molar-refractivity contribution in [3.63, 3.8) is 0 Å². The second-order valence-electron chi connectivity index (χ2n) is 6.28. The lowest BCUT2D eigenvalue weighted by molar-refractivity contribution is -0.150. The van der Waals surface area contributed by atoms with Crippen molar-refractivity contribution in [2.24, 2.45) is 17.8 Å². The van der Waals surface area contributed by atoms with Gasteiger partial charge in [0.25, 0.3) is 0 Å². The zero-order valence-corrected chi connectivity index (χ0v) is 13.1. The predicted octanol–water partition coefficient (Wildman–Crippen LogP) is 2.15. The second kappa shape index (κ2) is 7.25. The molecule has 2 aliphatic rings. The van der Waals surface area contributed by atoms with E-state index in [0.29, 0.717) is 32.0 Å². The van der Waals surface area contributed by atoms with Crippen LogP contribution < -0.4 is 0 Å². The van der Waals surface area contributed by atoms with Gasteiger partial charge < -0.3 is 14.7 Å². The van der Waals surface area contributed by atoms with Crippen LogP contribution in [0.3, 0.4) is 0 Å². The van der Waals surface area contributed by atoms with Crippen molar-refractivity contribution in [3.05, 3.63) is 0 Å². The number of hydrogen-bond acceptors (Lipinski definition) is 3. The molecular weight excluding hydrogens is 270 g/mol. The number of carbonyl (C=O) groups is 2. The molecule has 0 bridgehead atoms. The molecule has 0 aromatic carbocycles. The summed E-state index contributed by atoms with van der Waals surface area (Å²) < 4.78 is 5.60. The van der Waals surface area contributed by atoms with Gasteiger partial charge in [0.2, 0.25) is 5.91 Å². The number of carboxylic acids is 1. The highest BCUT2D eigenvalue weighted by Gasteiger charge is 2.44. The Morgan fingerprint density at radius 3 is 2.29 bits per heavy atom. The smallest absolute Gasteiger partial charge is 0.307 e. The minimum Gasteiger partial charge on any atom is -0.481 e. The predicted molar refractivity (Wildman–Crippen MR) is 78.9 cm³/mol. The van der Waals surface area contributed by atoms with Crippen LogP contribution in [-0.4, -0.2) is 47.7 Å². The monoisotopic (exact) mass is 297 g/mol. The summed E-state index contributed by atoms with van der Waals surface area (Å²) in [5.41, 5.74) is 0. The molecule has 120 valence electrons. The SMILES string of the molecule is CCOC1CCN(C(=O)C2CC(CC)CC2C(=O)O)CC1. The molecule has 3 atom stereocenters. The molecule has 1 N–H and O–H groups in total. The Labute approximate surface area is 126 Å². The van der Waals surface area contributed by atoms with Crippen molar-refractivity contribution in [1.82, 2.24) is 4.90 Å². The normalized spacial score (nSPS) is 30.6. The molecular formula is C16H27NO4. The van der Waals surface area contributed by atoms with Crippen molar-refractivity contribution < 1.29 is 19.4 Å². The van der Waals surface area contributed by atoms with Crippen molar-refractivity contribution in [1.29, 1.82) is 0 Å². The van der Waals surface area contributed by atoms with Gasteiger partial charge in [-0.2, -0.15) is 0 Å². The molecule has 2 fully saturated rings. The Kier molecular flexibility index (Phi) is 5.62. The minimum absolute atomic E-state index is 0.0494. The number of likely N-dealkylation sites (tertiary alicyclic amines) is 1. The van der Waals surface area contributed by atoms with Crippen LogP contribution in [0.15, 0.2) is 0 Å². The first-order chi connectivity index (χ1) is 10.1. The van der Waals surface area contributed by atoms with Crippen LogP contribution in [0, 0.1) is 17.8 Å². The Balaban J connectivity index is 1.94. The lowest BCUT2D eigenvalue weighted by Crippen LogP contribution is -2.45. The summed E-state index contributed by atoms with van der Waals surface area (Å²) in [6, 6.07) is 0. The fourth-order valence-corrected chi connectivity index (χ4v) is 3.74. The van der Waals surface area contributed by atoms with Crippen molar-refractivity contribution in [3.8, 4) is 0 Å². The van der Waals surface area contributed by atoms with E-state index in [0.717, 1.165) is 25.7 Å². The van der Waals surface area contributed by atoms with Crippen LogP contribution >= 0.6 is 0 Å². The third-order valence-corrected chi connectivity index (χ3v) is 5.03. The van der Waals surface area contributed by atoms with E-state index in [1.54, 1.807) is 0 Å². The van der Waals surface area contributed by atoms with E-state index in [-0.39, 0.29) is 17.9 Å². The molecule has 1 heterocycles. The maximum Gasteiger partial charge on any atom is 0.307 e. The van der Waals surface area contributed by atoms with Crippen LogP contribution in [0.2, 0.25) is 0 Å². The van der Waals surface area contributed by atoms with E-state index in [9.17, 15) is 14.7 Å². The number of amides is 1. The van der Waals surface area contributed by atoms with Gasteiger partial charge in [-0.05, 0) is 38.5 Å². The minimum atomic E-state index is -0.812. The van der Waals surface area contributed by atoms with E-state index < -0.39 is 11.9 Å². The van der Waals surface area contributed by atoms with Crippen LogP contribution in [0.1, 0.15) is 46.0 Å². The van der Waals surface area contributed by atoms with Crippen LogP contribution in [0.25, 0.3) is 0 Å². The van der Waals surface area contributed by atoms with E-state index in [1.165, 1.54) is 0 Å². The van der Waals surface area contributed by atoms with Crippen LogP contribution in [0.4, 0.5) is 0 Å². The summed E-state index contributed by atoms with van der Waals surface area (Å²) in [5.74, 6) is -1.20. The average molecular weight is 297 g/mol. The van der Waals surface area contributed by atoms with Crippen LogP contribution in [0.5, 0.6) is 0 Å². The summed E-state index contributed by atoms with van der Waals surface area (Å²) in [7, 11) is 0. The largest absolute Gasteiger partial charge is 0.481 e. The molecule has 1 aliphatic heterocycles. The van der Waals surface area contributed by atoms with E-state index >= 15 is 0 Å². The fourth-order valence-electron chi connectivity index (χ4n) is 3.74. The van der Waals surface area contributed by atoms with Gasteiger partial charge >= 0.3 is 5.97 Å². The summed E-state index contributed by atoms with van der Waals surface area (Å²) in [5, 5.41) is 9.37. The number of ether oxygens (including phenoxy) is 1. The zero-order chi connectivity index (χ0) is 15.4. The van der Waals surface area contributed by atoms with Gasteiger partial charge in [0.1, 0.15) is 0 Å². The molecule has 2 rings (SSSR count). The Hall–Kier alpha value is -1.10. The van der Waals surface area contributed by atoms with E-state index in [4.69, 9.17) is 4.74 Å². The maximum absolute atomic E-state index is 12.7. The second-order valence-corrected chi connectivity index (χ2v) is 6.28. The molecule has 21 heavy (non-hydrogen) atoms. The average Bonchev–Trinajstić information content (AvgIpc) is 2.92. The molecule has 0 aromatic rings. The van der Waals surface area contributed by atoms with Crippen molar-refractivity contribution >= 4 is 11.9 Å². The first-order valence-corrected chi connectivity index (χ1v) is 8.19. The van der Waals surface area contributed by atoms with Gasteiger partial charge in [-0.25, -0.2) is 0 Å². The fraction of sp³-hybridized carbons (Fsp3) is 0.875. The highest BCUT2D eigenvalue weighted by atomic mass is 16.5. The number of carbonyl (C=O) groups excluding carboxylic acids is 1. The van der Waals surface area contributed by atoms with Gasteiger partial charge in [0.05, 0.1) is 17.9 Å². The van der Waals surface area contributed by atoms with E-state index in [2.05, 4.69) is 6.92 Å². The first kappa shape index (κ1) is 16.3. The number of carboxylic acid groups (broad SMARTS) is 1. The molecule has 5 heteroatoms.